The lowest BCUT2D eigenvalue weighted by Gasteiger charge is -2.16. The van der Waals surface area contributed by atoms with Crippen molar-refractivity contribution < 1.29 is 14.3 Å². The number of aliphatic hydroxyl groups excluding tert-OH is 1. The van der Waals surface area contributed by atoms with Crippen LogP contribution in [0.2, 0.25) is 5.15 Å². The Morgan fingerprint density at radius 2 is 2.32 bits per heavy atom. The molecule has 2 unspecified atom stereocenters. The quantitative estimate of drug-likeness (QED) is 0.855. The summed E-state index contributed by atoms with van der Waals surface area (Å²) in [5, 5.41) is 17.4. The first-order valence-electron chi connectivity index (χ1n) is 7.17. The highest BCUT2D eigenvalue weighted by Gasteiger charge is 2.23. The number of hydrogen-bond acceptors (Lipinski definition) is 4. The van der Waals surface area contributed by atoms with Crippen LogP contribution in [0.1, 0.15) is 48.2 Å². The summed E-state index contributed by atoms with van der Waals surface area (Å²) in [4.78, 5) is 12.4. The zero-order valence-corrected chi connectivity index (χ0v) is 13.6. The monoisotopic (exact) mass is 325 g/mol. The van der Waals surface area contributed by atoms with Crippen LogP contribution in [0, 0.1) is 0 Å². The largest absolute Gasteiger partial charge is 0.467 e. The van der Waals surface area contributed by atoms with Crippen LogP contribution >= 0.6 is 11.6 Å². The summed E-state index contributed by atoms with van der Waals surface area (Å²) < 4.78 is 6.63. The fourth-order valence-electron chi connectivity index (χ4n) is 2.31. The van der Waals surface area contributed by atoms with Gasteiger partial charge in [-0.1, -0.05) is 18.5 Å². The fourth-order valence-corrected chi connectivity index (χ4v) is 2.55. The lowest BCUT2D eigenvalue weighted by atomic mass is 10.1. The standard InChI is InChI=1S/C15H20ClN3O3/c1-4-10-13(14(16)19(3)18-10)15(21)17-9(2)8-11(20)12-6-5-7-22-12/h5-7,9,11,20H,4,8H2,1-3H3,(H,17,21). The third kappa shape index (κ3) is 3.51. The molecule has 0 saturated carbocycles. The van der Waals surface area contributed by atoms with Crippen LogP contribution in [-0.4, -0.2) is 26.8 Å². The number of aromatic nitrogens is 2. The Morgan fingerprint density at radius 3 is 2.91 bits per heavy atom. The molecule has 0 aliphatic heterocycles. The summed E-state index contributed by atoms with van der Waals surface area (Å²) in [6, 6.07) is 3.17. The maximum atomic E-state index is 12.4. The third-order valence-corrected chi connectivity index (χ3v) is 3.87. The van der Waals surface area contributed by atoms with Crippen LogP contribution < -0.4 is 5.32 Å². The van der Waals surface area contributed by atoms with Crippen molar-refractivity contribution in [1.29, 1.82) is 0 Å². The summed E-state index contributed by atoms with van der Waals surface area (Å²) in [5.74, 6) is 0.198. The van der Waals surface area contributed by atoms with Gasteiger partial charge in [0.1, 0.15) is 17.0 Å². The zero-order chi connectivity index (χ0) is 16.3. The molecule has 2 atom stereocenters. The normalized spacial score (nSPS) is 13.9. The number of amides is 1. The van der Waals surface area contributed by atoms with Gasteiger partial charge in [0, 0.05) is 19.5 Å². The minimum Gasteiger partial charge on any atom is -0.467 e. The van der Waals surface area contributed by atoms with Crippen molar-refractivity contribution in [3.8, 4) is 0 Å². The number of aliphatic hydroxyl groups is 1. The van der Waals surface area contributed by atoms with Gasteiger partial charge >= 0.3 is 0 Å². The van der Waals surface area contributed by atoms with Crippen LogP contribution in [0.3, 0.4) is 0 Å². The Morgan fingerprint density at radius 1 is 1.59 bits per heavy atom. The van der Waals surface area contributed by atoms with E-state index >= 15 is 0 Å². The maximum Gasteiger partial charge on any atom is 0.256 e. The molecule has 7 heteroatoms. The zero-order valence-electron chi connectivity index (χ0n) is 12.8. The van der Waals surface area contributed by atoms with E-state index in [0.717, 1.165) is 0 Å². The SMILES string of the molecule is CCc1nn(C)c(Cl)c1C(=O)NC(C)CC(O)c1ccco1. The van der Waals surface area contributed by atoms with E-state index in [1.54, 1.807) is 19.2 Å². The van der Waals surface area contributed by atoms with E-state index in [9.17, 15) is 9.90 Å². The molecular weight excluding hydrogens is 306 g/mol. The van der Waals surface area contributed by atoms with Crippen molar-refractivity contribution in [2.75, 3.05) is 0 Å². The van der Waals surface area contributed by atoms with E-state index in [2.05, 4.69) is 10.4 Å². The first kappa shape index (κ1) is 16.6. The minimum absolute atomic E-state index is 0.242. The minimum atomic E-state index is -0.764. The summed E-state index contributed by atoms with van der Waals surface area (Å²) in [6.07, 6.45) is 1.70. The number of aryl methyl sites for hydroxylation is 2. The average Bonchev–Trinajstić information content (AvgIpc) is 3.08. The van der Waals surface area contributed by atoms with Crippen molar-refractivity contribution in [2.24, 2.45) is 7.05 Å². The Kier molecular flexibility index (Phi) is 5.26. The highest BCUT2D eigenvalue weighted by atomic mass is 35.5. The summed E-state index contributed by atoms with van der Waals surface area (Å²) >= 11 is 6.13. The van der Waals surface area contributed by atoms with Crippen molar-refractivity contribution in [3.05, 3.63) is 40.6 Å². The van der Waals surface area contributed by atoms with E-state index in [0.29, 0.717) is 35.0 Å². The topological polar surface area (TPSA) is 80.3 Å². The molecule has 120 valence electrons. The first-order chi connectivity index (χ1) is 10.4. The second kappa shape index (κ2) is 6.98. The highest BCUT2D eigenvalue weighted by Crippen LogP contribution is 2.21. The molecule has 2 rings (SSSR count). The number of nitrogens with zero attached hydrogens (tertiary/aromatic N) is 2. The molecule has 1 amide bonds. The van der Waals surface area contributed by atoms with Gasteiger partial charge in [-0.3, -0.25) is 9.48 Å². The fraction of sp³-hybridized carbons (Fsp3) is 0.467. The van der Waals surface area contributed by atoms with E-state index in [-0.39, 0.29) is 11.9 Å². The molecule has 2 heterocycles. The van der Waals surface area contributed by atoms with Gasteiger partial charge in [-0.15, -0.1) is 0 Å². The van der Waals surface area contributed by atoms with Gasteiger partial charge in [-0.25, -0.2) is 0 Å². The number of carbonyl (C=O) groups is 1. The van der Waals surface area contributed by atoms with Crippen LogP contribution in [-0.2, 0) is 13.5 Å². The molecule has 2 aromatic rings. The molecule has 0 spiro atoms. The first-order valence-corrected chi connectivity index (χ1v) is 7.55. The Hall–Kier alpha value is -1.79. The highest BCUT2D eigenvalue weighted by molar-refractivity contribution is 6.33. The van der Waals surface area contributed by atoms with E-state index < -0.39 is 6.10 Å². The molecular formula is C15H20ClN3O3. The molecule has 6 nitrogen and oxygen atoms in total. The van der Waals surface area contributed by atoms with E-state index in [4.69, 9.17) is 16.0 Å². The van der Waals surface area contributed by atoms with Gasteiger partial charge in [-0.2, -0.15) is 5.10 Å². The average molecular weight is 326 g/mol. The van der Waals surface area contributed by atoms with Gasteiger partial charge in [0.05, 0.1) is 17.5 Å². The molecule has 0 saturated heterocycles. The molecule has 2 N–H and O–H groups in total. The molecule has 0 fully saturated rings. The van der Waals surface area contributed by atoms with Crippen molar-refractivity contribution >= 4 is 17.5 Å². The predicted octanol–water partition coefficient (Wildman–Crippen LogP) is 2.47. The molecule has 0 aliphatic carbocycles. The predicted molar refractivity (Wildman–Crippen MR) is 82.8 cm³/mol. The molecule has 0 radical (unpaired) electrons. The van der Waals surface area contributed by atoms with Crippen molar-refractivity contribution in [1.82, 2.24) is 15.1 Å². The summed E-state index contributed by atoms with van der Waals surface area (Å²) in [6.45, 7) is 3.74. The Balaban J connectivity index is 2.02. The lowest BCUT2D eigenvalue weighted by Crippen LogP contribution is -2.34. The Labute approximate surface area is 134 Å². The van der Waals surface area contributed by atoms with Crippen molar-refractivity contribution in [2.45, 2.75) is 38.8 Å². The second-order valence-corrected chi connectivity index (χ2v) is 5.59. The number of hydrogen-bond donors (Lipinski definition) is 2. The second-order valence-electron chi connectivity index (χ2n) is 5.23. The number of carbonyl (C=O) groups excluding carboxylic acids is 1. The molecule has 2 aromatic heterocycles. The smallest absolute Gasteiger partial charge is 0.256 e. The van der Waals surface area contributed by atoms with Gasteiger partial charge in [0.15, 0.2) is 0 Å². The number of furan rings is 1. The van der Waals surface area contributed by atoms with Gasteiger partial charge in [-0.05, 0) is 25.5 Å². The van der Waals surface area contributed by atoms with E-state index in [1.807, 2.05) is 13.8 Å². The third-order valence-electron chi connectivity index (χ3n) is 3.44. The van der Waals surface area contributed by atoms with Crippen LogP contribution in [0.5, 0.6) is 0 Å². The van der Waals surface area contributed by atoms with Crippen LogP contribution in [0.15, 0.2) is 22.8 Å². The molecule has 0 aliphatic rings. The van der Waals surface area contributed by atoms with Crippen molar-refractivity contribution in [3.63, 3.8) is 0 Å². The maximum absolute atomic E-state index is 12.4. The number of halogens is 1. The number of nitrogens with one attached hydrogen (secondary N) is 1. The molecule has 22 heavy (non-hydrogen) atoms. The Bertz CT molecular complexity index is 637. The summed E-state index contributed by atoms with van der Waals surface area (Å²) in [7, 11) is 1.70. The van der Waals surface area contributed by atoms with Gasteiger partial charge in [0.25, 0.3) is 5.91 Å². The molecule has 0 aromatic carbocycles. The number of rotatable bonds is 6. The molecule has 0 bridgehead atoms. The lowest BCUT2D eigenvalue weighted by molar-refractivity contribution is 0.0902. The van der Waals surface area contributed by atoms with Crippen LogP contribution in [0.25, 0.3) is 0 Å². The van der Waals surface area contributed by atoms with Crippen LogP contribution in [0.4, 0.5) is 0 Å². The van der Waals surface area contributed by atoms with E-state index in [1.165, 1.54) is 10.9 Å². The van der Waals surface area contributed by atoms with Gasteiger partial charge < -0.3 is 14.8 Å². The summed E-state index contributed by atoms with van der Waals surface area (Å²) in [5.41, 5.74) is 1.05. The van der Waals surface area contributed by atoms with Gasteiger partial charge in [0.2, 0.25) is 0 Å².